The summed E-state index contributed by atoms with van der Waals surface area (Å²) >= 11 is 0. The van der Waals surface area contributed by atoms with Crippen LogP contribution in [0, 0.1) is 6.92 Å². The first-order valence-electron chi connectivity index (χ1n) is 12.3. The predicted octanol–water partition coefficient (Wildman–Crippen LogP) is 2.04. The minimum atomic E-state index is -0.590. The Labute approximate surface area is 211 Å². The number of hydrogen-bond donors (Lipinski definition) is 0. The summed E-state index contributed by atoms with van der Waals surface area (Å²) < 4.78 is 7.36. The van der Waals surface area contributed by atoms with Crippen LogP contribution in [0.5, 0.6) is 5.75 Å². The number of aryl methyl sites for hydroxylation is 1. The second-order valence-corrected chi connectivity index (χ2v) is 9.54. The molecule has 188 valence electrons. The number of piperazine rings is 1. The number of benzene rings is 2. The molecule has 2 aromatic carbocycles. The Morgan fingerprint density at radius 3 is 2.33 bits per heavy atom. The summed E-state index contributed by atoms with van der Waals surface area (Å²) in [6, 6.07) is 15.4. The number of carbonyl (C=O) groups excluding carboxylic acids is 2. The van der Waals surface area contributed by atoms with Gasteiger partial charge in [-0.1, -0.05) is 24.3 Å². The van der Waals surface area contributed by atoms with E-state index in [4.69, 9.17) is 9.73 Å². The number of hydrogen-bond acceptors (Lipinski definition) is 6. The Morgan fingerprint density at radius 2 is 1.67 bits per heavy atom. The van der Waals surface area contributed by atoms with Crippen molar-refractivity contribution in [2.24, 2.45) is 4.99 Å². The number of carbonyl (C=O) groups is 2. The van der Waals surface area contributed by atoms with E-state index >= 15 is 0 Å². The number of anilines is 1. The van der Waals surface area contributed by atoms with Crippen molar-refractivity contribution in [3.8, 4) is 5.75 Å². The molecule has 3 aliphatic rings. The summed E-state index contributed by atoms with van der Waals surface area (Å²) in [7, 11) is 4.91. The van der Waals surface area contributed by atoms with E-state index in [0.29, 0.717) is 18.9 Å². The van der Waals surface area contributed by atoms with Crippen LogP contribution in [0.4, 0.5) is 10.5 Å². The molecule has 0 N–H and O–H groups in total. The number of urea groups is 1. The fourth-order valence-corrected chi connectivity index (χ4v) is 5.09. The normalized spacial score (nSPS) is 20.7. The summed E-state index contributed by atoms with van der Waals surface area (Å²) in [6.07, 6.45) is 0. The number of fused-ring (bicyclic) bond motifs is 1. The summed E-state index contributed by atoms with van der Waals surface area (Å²) in [6.45, 7) is 6.83. The number of ether oxygens (including phenoxy) is 1. The van der Waals surface area contributed by atoms with Crippen molar-refractivity contribution >= 4 is 29.3 Å². The van der Waals surface area contributed by atoms with Crippen molar-refractivity contribution in [3.63, 3.8) is 0 Å². The van der Waals surface area contributed by atoms with Crippen molar-refractivity contribution in [1.29, 1.82) is 0 Å². The zero-order chi connectivity index (χ0) is 25.4. The van der Waals surface area contributed by atoms with Gasteiger partial charge < -0.3 is 9.64 Å². The number of rotatable bonds is 6. The number of aliphatic imine (C=N–C) groups is 1. The lowest BCUT2D eigenvalue weighted by atomic mass is 10.1. The average Bonchev–Trinajstić information content (AvgIpc) is 3.25. The van der Waals surface area contributed by atoms with Gasteiger partial charge >= 0.3 is 11.9 Å². The largest absolute Gasteiger partial charge is 0.497 e. The van der Waals surface area contributed by atoms with Gasteiger partial charge in [0, 0.05) is 46.0 Å². The van der Waals surface area contributed by atoms with Gasteiger partial charge in [-0.05, 0) is 47.3 Å². The first kappa shape index (κ1) is 24.0. The van der Waals surface area contributed by atoms with Gasteiger partial charge in [0.2, 0.25) is 0 Å². The van der Waals surface area contributed by atoms with Crippen molar-refractivity contribution in [2.45, 2.75) is 19.5 Å². The molecule has 0 saturated carbocycles. The predicted molar refractivity (Wildman–Crippen MR) is 139 cm³/mol. The fraction of sp³-hybridized carbons (Fsp3) is 0.407. The highest BCUT2D eigenvalue weighted by atomic mass is 16.5. The first-order chi connectivity index (χ1) is 17.4. The van der Waals surface area contributed by atoms with Gasteiger partial charge in [-0.2, -0.15) is 0 Å². The molecule has 0 bridgehead atoms. The van der Waals surface area contributed by atoms with Gasteiger partial charge in [-0.3, -0.25) is 19.5 Å². The van der Waals surface area contributed by atoms with E-state index < -0.39 is 6.04 Å². The molecule has 2 fully saturated rings. The third-order valence-corrected chi connectivity index (χ3v) is 7.39. The van der Waals surface area contributed by atoms with Crippen LogP contribution < -0.4 is 9.64 Å². The molecule has 2 saturated heterocycles. The highest BCUT2D eigenvalue weighted by molar-refractivity contribution is 6.23. The molecular weight excluding hydrogens is 456 g/mol. The molecule has 3 heterocycles. The number of amidine groups is 2. The van der Waals surface area contributed by atoms with Crippen LogP contribution in [0.15, 0.2) is 53.5 Å². The van der Waals surface area contributed by atoms with Crippen LogP contribution >= 0.6 is 0 Å². The highest BCUT2D eigenvalue weighted by Crippen LogP contribution is 2.23. The van der Waals surface area contributed by atoms with Gasteiger partial charge in [-0.15, -0.1) is 0 Å². The monoisotopic (exact) mass is 489 g/mol. The number of likely N-dealkylation sites (N-methyl/N-ethyl adjacent to an activating group) is 2. The Hall–Kier alpha value is -3.72. The number of nitrogens with zero attached hydrogens (tertiary/aromatic N) is 6. The SMILES string of the molecule is COc1ccc(N2CCN(CC3=[N+](Cc4ccccc4C)C4C(=O)N(C)C(=O)N(C)C4=N3)CC2)cc1. The molecular formula is C27H33N6O3+. The molecule has 3 amide bonds. The lowest BCUT2D eigenvalue weighted by Gasteiger charge is -2.35. The van der Waals surface area contributed by atoms with Crippen LogP contribution in [-0.4, -0.2) is 103 Å². The lowest BCUT2D eigenvalue weighted by Crippen LogP contribution is -2.61. The van der Waals surface area contributed by atoms with E-state index in [0.717, 1.165) is 43.3 Å². The van der Waals surface area contributed by atoms with Gasteiger partial charge in [0.15, 0.2) is 0 Å². The maximum absolute atomic E-state index is 13.2. The number of methoxy groups -OCH3 is 1. The maximum Gasteiger partial charge on any atom is 0.333 e. The zero-order valence-corrected chi connectivity index (χ0v) is 21.3. The minimum absolute atomic E-state index is 0.232. The molecule has 3 aliphatic heterocycles. The van der Waals surface area contributed by atoms with E-state index in [9.17, 15) is 9.59 Å². The molecule has 1 unspecified atom stereocenters. The van der Waals surface area contributed by atoms with Crippen LogP contribution in [0.2, 0.25) is 0 Å². The molecule has 0 aromatic heterocycles. The zero-order valence-electron chi connectivity index (χ0n) is 21.3. The Balaban J connectivity index is 1.37. The molecule has 1 atom stereocenters. The summed E-state index contributed by atoms with van der Waals surface area (Å²) in [4.78, 5) is 38.2. The maximum atomic E-state index is 13.2. The lowest BCUT2D eigenvalue weighted by molar-refractivity contribution is -0.552. The topological polar surface area (TPSA) is 71.7 Å². The van der Waals surface area contributed by atoms with Gasteiger partial charge in [0.05, 0.1) is 7.11 Å². The van der Waals surface area contributed by atoms with Gasteiger partial charge in [-0.25, -0.2) is 9.37 Å². The van der Waals surface area contributed by atoms with Crippen LogP contribution in [-0.2, 0) is 11.3 Å². The van der Waals surface area contributed by atoms with E-state index in [2.05, 4.69) is 45.6 Å². The fourth-order valence-electron chi connectivity index (χ4n) is 5.09. The molecule has 0 spiro atoms. The minimum Gasteiger partial charge on any atom is -0.497 e. The van der Waals surface area contributed by atoms with Crippen molar-refractivity contribution in [1.82, 2.24) is 14.7 Å². The van der Waals surface area contributed by atoms with Crippen molar-refractivity contribution in [2.75, 3.05) is 58.8 Å². The molecule has 0 radical (unpaired) electrons. The molecule has 9 heteroatoms. The van der Waals surface area contributed by atoms with Crippen LogP contribution in [0.25, 0.3) is 0 Å². The summed E-state index contributed by atoms with van der Waals surface area (Å²) in [5.41, 5.74) is 3.50. The van der Waals surface area contributed by atoms with E-state index in [1.807, 2.05) is 24.3 Å². The standard InChI is InChI=1S/C27H33N6O3/c1-19-7-5-6-8-20(19)17-33-23(28-25-24(33)26(34)30(3)27(35)29(25)2)18-31-13-15-32(16-14-31)21-9-11-22(36-4)12-10-21/h5-12,24H,13-18H2,1-4H3/q+1. The molecule has 5 rings (SSSR count). The van der Waals surface area contributed by atoms with Gasteiger partial charge in [0.1, 0.15) is 18.8 Å². The van der Waals surface area contributed by atoms with Crippen LogP contribution in [0.3, 0.4) is 0 Å². The average molecular weight is 490 g/mol. The summed E-state index contributed by atoms with van der Waals surface area (Å²) in [5.74, 6) is 1.97. The smallest absolute Gasteiger partial charge is 0.333 e. The number of imide groups is 1. The quantitative estimate of drug-likeness (QED) is 0.581. The molecule has 0 aliphatic carbocycles. The van der Waals surface area contributed by atoms with Crippen LogP contribution in [0.1, 0.15) is 11.1 Å². The van der Waals surface area contributed by atoms with E-state index in [-0.39, 0.29) is 11.9 Å². The van der Waals surface area contributed by atoms with Gasteiger partial charge in [0.25, 0.3) is 17.8 Å². The molecule has 9 nitrogen and oxygen atoms in total. The summed E-state index contributed by atoms with van der Waals surface area (Å²) in [5, 5.41) is 0. The Morgan fingerprint density at radius 1 is 0.972 bits per heavy atom. The number of amides is 3. The van der Waals surface area contributed by atoms with Crippen molar-refractivity contribution in [3.05, 3.63) is 59.7 Å². The Kier molecular flexibility index (Phi) is 6.49. The van der Waals surface area contributed by atoms with E-state index in [1.165, 1.54) is 21.1 Å². The highest BCUT2D eigenvalue weighted by Gasteiger charge is 2.53. The second kappa shape index (κ2) is 9.73. The second-order valence-electron chi connectivity index (χ2n) is 9.54. The third-order valence-electron chi connectivity index (χ3n) is 7.39. The van der Waals surface area contributed by atoms with Crippen molar-refractivity contribution < 1.29 is 18.9 Å². The molecule has 2 aromatic rings. The Bertz CT molecular complexity index is 1230. The van der Waals surface area contributed by atoms with E-state index in [1.54, 1.807) is 21.2 Å². The molecule has 36 heavy (non-hydrogen) atoms. The third kappa shape index (κ3) is 4.35. The first-order valence-corrected chi connectivity index (χ1v) is 12.3.